The smallest absolute Gasteiger partial charge is 0.144 e. The number of para-hydroxylation sites is 2. The fraction of sp³-hybridized carbons (Fsp3) is 0. The van der Waals surface area contributed by atoms with Crippen LogP contribution in [-0.4, -0.2) is 9.97 Å². The molecule has 0 spiro atoms. The maximum absolute atomic E-state index is 6.70. The van der Waals surface area contributed by atoms with E-state index in [4.69, 9.17) is 21.3 Å². The van der Waals surface area contributed by atoms with Crippen molar-refractivity contribution in [3.8, 4) is 45.3 Å². The van der Waals surface area contributed by atoms with Gasteiger partial charge in [-0.2, -0.15) is 0 Å². The molecule has 2 aromatic heterocycles. The van der Waals surface area contributed by atoms with Crippen molar-refractivity contribution in [2.24, 2.45) is 0 Å². The van der Waals surface area contributed by atoms with E-state index >= 15 is 0 Å². The van der Waals surface area contributed by atoms with Gasteiger partial charge in [-0.25, -0.2) is 0 Å². The van der Waals surface area contributed by atoms with Gasteiger partial charge < -0.3 is 9.47 Å². The lowest BCUT2D eigenvalue weighted by Gasteiger charge is -2.38. The van der Waals surface area contributed by atoms with Crippen molar-refractivity contribution in [2.75, 3.05) is 0 Å². The van der Waals surface area contributed by atoms with Gasteiger partial charge >= 0.3 is 0 Å². The van der Waals surface area contributed by atoms with E-state index in [9.17, 15) is 0 Å². The number of nitrogens with zero attached hydrogens (tertiary/aromatic N) is 2. The molecule has 0 aliphatic carbocycles. The molecule has 0 saturated carbocycles. The van der Waals surface area contributed by atoms with Gasteiger partial charge in [0.2, 0.25) is 0 Å². The molecule has 5 aromatic rings. The van der Waals surface area contributed by atoms with Crippen LogP contribution in [0.3, 0.4) is 0 Å². The number of hydrogen-bond donors (Lipinski definition) is 0. The molecule has 0 bridgehead atoms. The zero-order valence-electron chi connectivity index (χ0n) is 17.9. The van der Waals surface area contributed by atoms with Crippen LogP contribution in [0.5, 0.6) is 23.0 Å². The predicted molar refractivity (Wildman–Crippen MR) is 139 cm³/mol. The van der Waals surface area contributed by atoms with Crippen LogP contribution in [0.15, 0.2) is 104 Å². The highest BCUT2D eigenvalue weighted by Crippen LogP contribution is 2.60. The van der Waals surface area contributed by atoms with E-state index in [1.54, 1.807) is 12.4 Å². The minimum absolute atomic E-state index is 0.766. The molecule has 34 heavy (non-hydrogen) atoms. The van der Waals surface area contributed by atoms with E-state index in [2.05, 4.69) is 46.4 Å². The summed E-state index contributed by atoms with van der Waals surface area (Å²) in [5.74, 6) is 3.15. The second-order valence-corrected chi connectivity index (χ2v) is 12.5. The third kappa shape index (κ3) is 2.68. The third-order valence-corrected chi connectivity index (χ3v) is 11.2. The van der Waals surface area contributed by atoms with E-state index in [1.165, 1.54) is 0 Å². The monoisotopic (exact) mass is 476 g/mol. The summed E-state index contributed by atoms with van der Waals surface area (Å²) in [5, 5.41) is 3.06. The Labute approximate surface area is 201 Å². The topological polar surface area (TPSA) is 44.2 Å². The van der Waals surface area contributed by atoms with Gasteiger partial charge in [-0.15, -0.1) is 0 Å². The minimum Gasteiger partial charge on any atom is -0.455 e. The second kappa shape index (κ2) is 7.36. The molecule has 0 amide bonds. The van der Waals surface area contributed by atoms with E-state index < -0.39 is 6.04 Å². The summed E-state index contributed by atoms with van der Waals surface area (Å²) < 4.78 is 13.1. The van der Waals surface area contributed by atoms with Gasteiger partial charge in [0.15, 0.2) is 0 Å². The first-order chi connectivity index (χ1) is 16.7. The average molecular weight is 476 g/mol. The third-order valence-electron chi connectivity index (χ3n) is 6.31. The lowest BCUT2D eigenvalue weighted by Crippen LogP contribution is -2.35. The second-order valence-electron chi connectivity index (χ2n) is 8.21. The molecular formula is C28H17N2O2PS. The molecule has 4 heterocycles. The maximum atomic E-state index is 6.70. The molecule has 0 atom stereocenters. The summed E-state index contributed by atoms with van der Waals surface area (Å²) in [7, 11) is 0. The quantitative estimate of drug-likeness (QED) is 0.296. The first kappa shape index (κ1) is 19.7. The molecule has 7 rings (SSSR count). The molecule has 0 fully saturated rings. The van der Waals surface area contributed by atoms with Crippen molar-refractivity contribution in [1.29, 1.82) is 0 Å². The number of fused-ring (bicyclic) bond motifs is 4. The SMILES string of the molecule is S=P12c3cccc(-c4cccnc4)c3Oc3cccc(c31)Oc1c(-c3cccnc3)cccc12. The Balaban J connectivity index is 1.56. The fourth-order valence-electron chi connectivity index (χ4n) is 4.83. The van der Waals surface area contributed by atoms with Gasteiger partial charge in [0.25, 0.3) is 0 Å². The van der Waals surface area contributed by atoms with Crippen LogP contribution < -0.4 is 25.4 Å². The highest BCUT2D eigenvalue weighted by molar-refractivity contribution is 8.26. The van der Waals surface area contributed by atoms with Crippen LogP contribution in [0.4, 0.5) is 0 Å². The fourth-order valence-corrected chi connectivity index (χ4v) is 9.33. The summed E-state index contributed by atoms with van der Waals surface area (Å²) in [5.41, 5.74) is 3.97. The largest absolute Gasteiger partial charge is 0.455 e. The molecular weight excluding hydrogens is 459 g/mol. The van der Waals surface area contributed by atoms with Crippen molar-refractivity contribution < 1.29 is 9.47 Å². The summed E-state index contributed by atoms with van der Waals surface area (Å²) in [4.78, 5) is 8.64. The van der Waals surface area contributed by atoms with E-state index in [0.29, 0.717) is 0 Å². The molecule has 0 radical (unpaired) electrons. The Hall–Kier alpha value is -3.79. The van der Waals surface area contributed by atoms with E-state index in [1.807, 2.05) is 54.9 Å². The van der Waals surface area contributed by atoms with Crippen LogP contribution in [-0.2, 0) is 11.8 Å². The Bertz CT molecular complexity index is 1520. The Morgan fingerprint density at radius 2 is 1.09 bits per heavy atom. The Morgan fingerprint density at radius 3 is 1.56 bits per heavy atom. The first-order valence-electron chi connectivity index (χ1n) is 10.9. The number of aromatic nitrogens is 2. The molecule has 0 N–H and O–H groups in total. The number of pyridine rings is 2. The Kier molecular flexibility index (Phi) is 4.25. The lowest BCUT2D eigenvalue weighted by atomic mass is 10.1. The number of hydrogen-bond acceptors (Lipinski definition) is 5. The van der Waals surface area contributed by atoms with Crippen molar-refractivity contribution in [3.63, 3.8) is 0 Å². The summed E-state index contributed by atoms with van der Waals surface area (Å²) in [6, 6.07) is 23.9. The molecule has 0 unspecified atom stereocenters. The van der Waals surface area contributed by atoms with E-state index in [-0.39, 0.29) is 0 Å². The molecule has 4 nitrogen and oxygen atoms in total. The minimum atomic E-state index is -2.47. The first-order valence-corrected chi connectivity index (χ1v) is 13.7. The zero-order valence-corrected chi connectivity index (χ0v) is 19.6. The van der Waals surface area contributed by atoms with Crippen molar-refractivity contribution >= 4 is 33.8 Å². The highest BCUT2D eigenvalue weighted by atomic mass is 32.4. The molecule has 3 aromatic carbocycles. The molecule has 162 valence electrons. The van der Waals surface area contributed by atoms with Crippen molar-refractivity contribution in [1.82, 2.24) is 9.97 Å². The van der Waals surface area contributed by atoms with Crippen LogP contribution in [0.1, 0.15) is 0 Å². The molecule has 0 saturated heterocycles. The van der Waals surface area contributed by atoms with Gasteiger partial charge in [0.05, 0.1) is 11.3 Å². The number of rotatable bonds is 2. The van der Waals surface area contributed by atoms with E-state index in [0.717, 1.165) is 61.2 Å². The van der Waals surface area contributed by atoms with Gasteiger partial charge in [-0.05, 0) is 36.4 Å². The standard InChI is InChI=1S/C28H17N2O2PS/c34-33-24-12-1-8-20(18-6-4-14-29-16-18)26(24)31-22-10-3-11-23(28(22)33)32-27-21(9-2-13-25(27)33)19-7-5-15-30-17-19/h1-17H. The highest BCUT2D eigenvalue weighted by Gasteiger charge is 2.43. The average Bonchev–Trinajstić information content (AvgIpc) is 2.89. The normalized spacial score (nSPS) is 14.1. The number of ether oxygens (including phenoxy) is 2. The van der Waals surface area contributed by atoms with Gasteiger partial charge in [0.1, 0.15) is 23.0 Å². The van der Waals surface area contributed by atoms with Crippen LogP contribution in [0, 0.1) is 0 Å². The van der Waals surface area contributed by atoms with Crippen LogP contribution >= 0.6 is 6.04 Å². The van der Waals surface area contributed by atoms with Gasteiger partial charge in [-0.1, -0.05) is 54.3 Å². The lowest BCUT2D eigenvalue weighted by molar-refractivity contribution is 0.468. The van der Waals surface area contributed by atoms with Crippen molar-refractivity contribution in [2.45, 2.75) is 0 Å². The van der Waals surface area contributed by atoms with Gasteiger partial charge in [0, 0.05) is 57.7 Å². The zero-order chi connectivity index (χ0) is 22.7. The maximum Gasteiger partial charge on any atom is 0.144 e. The van der Waals surface area contributed by atoms with Crippen LogP contribution in [0.2, 0.25) is 0 Å². The molecule has 6 heteroatoms. The predicted octanol–water partition coefficient (Wildman–Crippen LogP) is 5.78. The summed E-state index contributed by atoms with van der Waals surface area (Å²) in [6.07, 6.45) is 7.27. The van der Waals surface area contributed by atoms with Crippen LogP contribution in [0.25, 0.3) is 22.3 Å². The van der Waals surface area contributed by atoms with Gasteiger partial charge in [-0.3, -0.25) is 9.97 Å². The molecule has 2 aliphatic rings. The Morgan fingerprint density at radius 1 is 0.588 bits per heavy atom. The van der Waals surface area contributed by atoms with Crippen molar-refractivity contribution in [3.05, 3.63) is 104 Å². The summed E-state index contributed by atoms with van der Waals surface area (Å²) in [6.45, 7) is 0. The number of benzene rings is 3. The summed E-state index contributed by atoms with van der Waals surface area (Å²) >= 11 is 6.70. The molecule has 2 aliphatic heterocycles.